The van der Waals surface area contributed by atoms with Crippen LogP contribution in [-0.4, -0.2) is 11.7 Å². The van der Waals surface area contributed by atoms with Crippen molar-refractivity contribution in [1.29, 1.82) is 0 Å². The van der Waals surface area contributed by atoms with Gasteiger partial charge in [-0.15, -0.1) is 0 Å². The zero-order valence-electron chi connectivity index (χ0n) is 8.09. The molecule has 1 heterocycles. The van der Waals surface area contributed by atoms with E-state index in [9.17, 15) is 5.11 Å². The molecule has 1 atom stereocenters. The van der Waals surface area contributed by atoms with Crippen LogP contribution in [0.2, 0.25) is 0 Å². The van der Waals surface area contributed by atoms with Crippen molar-refractivity contribution in [3.05, 3.63) is 28.8 Å². The van der Waals surface area contributed by atoms with E-state index in [4.69, 9.17) is 0 Å². The van der Waals surface area contributed by atoms with Crippen LogP contribution in [0.25, 0.3) is 0 Å². The van der Waals surface area contributed by atoms with E-state index in [-0.39, 0.29) is 6.10 Å². The second-order valence-corrected chi connectivity index (χ2v) is 3.72. The summed E-state index contributed by atoms with van der Waals surface area (Å²) in [6.45, 7) is 5.00. The van der Waals surface area contributed by atoms with Crippen LogP contribution in [0, 0.1) is 13.8 Å². The van der Waals surface area contributed by atoms with Crippen LogP contribution >= 0.6 is 0 Å². The number of rotatable bonds is 0. The van der Waals surface area contributed by atoms with E-state index < -0.39 is 0 Å². The first-order valence-electron chi connectivity index (χ1n) is 4.72. The topological polar surface area (TPSA) is 32.3 Å². The average Bonchev–Trinajstić information content (AvgIpc) is 2.12. The van der Waals surface area contributed by atoms with Gasteiger partial charge in [0, 0.05) is 17.8 Å². The second-order valence-electron chi connectivity index (χ2n) is 3.72. The fourth-order valence-corrected chi connectivity index (χ4v) is 1.97. The zero-order chi connectivity index (χ0) is 9.42. The van der Waals surface area contributed by atoms with Gasteiger partial charge in [-0.3, -0.25) is 0 Å². The predicted octanol–water partition coefficient (Wildman–Crippen LogP) is 2.15. The molecule has 1 aliphatic rings. The largest absolute Gasteiger partial charge is 0.388 e. The van der Waals surface area contributed by atoms with Gasteiger partial charge in [0.15, 0.2) is 0 Å². The molecular weight excluding hydrogens is 162 g/mol. The van der Waals surface area contributed by atoms with E-state index in [0.29, 0.717) is 0 Å². The maximum absolute atomic E-state index is 9.83. The predicted molar refractivity (Wildman–Crippen MR) is 54.0 cm³/mol. The van der Waals surface area contributed by atoms with Crippen molar-refractivity contribution < 1.29 is 5.11 Å². The summed E-state index contributed by atoms with van der Waals surface area (Å²) in [5.74, 6) is 0. The summed E-state index contributed by atoms with van der Waals surface area (Å²) in [4.78, 5) is 0. The summed E-state index contributed by atoms with van der Waals surface area (Å²) in [7, 11) is 0. The van der Waals surface area contributed by atoms with Crippen molar-refractivity contribution >= 4 is 5.69 Å². The maximum atomic E-state index is 9.83. The molecule has 13 heavy (non-hydrogen) atoms. The molecule has 2 N–H and O–H groups in total. The van der Waals surface area contributed by atoms with Crippen LogP contribution in [0.4, 0.5) is 5.69 Å². The molecule has 0 aliphatic carbocycles. The van der Waals surface area contributed by atoms with Gasteiger partial charge in [-0.2, -0.15) is 0 Å². The van der Waals surface area contributed by atoms with E-state index in [1.54, 1.807) is 0 Å². The molecule has 0 fully saturated rings. The van der Waals surface area contributed by atoms with Crippen molar-refractivity contribution in [2.75, 3.05) is 11.9 Å². The lowest BCUT2D eigenvalue weighted by Gasteiger charge is -2.26. The minimum absolute atomic E-state index is 0.281. The minimum atomic E-state index is -0.281. The van der Waals surface area contributed by atoms with Crippen LogP contribution in [0.3, 0.4) is 0 Å². The third-order valence-electron chi connectivity index (χ3n) is 2.72. The summed E-state index contributed by atoms with van der Waals surface area (Å²) in [6.07, 6.45) is 0.535. The summed E-state index contributed by atoms with van der Waals surface area (Å²) in [5, 5.41) is 13.2. The Kier molecular flexibility index (Phi) is 2.00. The monoisotopic (exact) mass is 177 g/mol. The molecule has 1 unspecified atom stereocenters. The third kappa shape index (κ3) is 1.31. The van der Waals surface area contributed by atoms with Gasteiger partial charge in [0.2, 0.25) is 0 Å². The van der Waals surface area contributed by atoms with Crippen LogP contribution in [0.15, 0.2) is 12.1 Å². The molecule has 2 nitrogen and oxygen atoms in total. The Hall–Kier alpha value is -1.02. The van der Waals surface area contributed by atoms with E-state index in [0.717, 1.165) is 24.2 Å². The highest BCUT2D eigenvalue weighted by Gasteiger charge is 2.20. The van der Waals surface area contributed by atoms with Gasteiger partial charge in [-0.1, -0.05) is 12.1 Å². The van der Waals surface area contributed by atoms with Gasteiger partial charge in [0.25, 0.3) is 0 Å². The molecule has 0 amide bonds. The Morgan fingerprint density at radius 1 is 1.31 bits per heavy atom. The molecular formula is C11H15NO. The second kappa shape index (κ2) is 3.04. The van der Waals surface area contributed by atoms with E-state index >= 15 is 0 Å². The van der Waals surface area contributed by atoms with Crippen LogP contribution < -0.4 is 5.32 Å². The molecule has 1 aliphatic heterocycles. The number of aryl methyl sites for hydroxylation is 2. The van der Waals surface area contributed by atoms with Gasteiger partial charge < -0.3 is 10.4 Å². The third-order valence-corrected chi connectivity index (χ3v) is 2.72. The summed E-state index contributed by atoms with van der Waals surface area (Å²) >= 11 is 0. The molecule has 1 aromatic carbocycles. The number of benzene rings is 1. The first-order valence-corrected chi connectivity index (χ1v) is 4.72. The van der Waals surface area contributed by atoms with Crippen molar-refractivity contribution in [1.82, 2.24) is 0 Å². The Morgan fingerprint density at radius 2 is 2.00 bits per heavy atom. The summed E-state index contributed by atoms with van der Waals surface area (Å²) in [5.41, 5.74) is 4.63. The number of hydrogen-bond acceptors (Lipinski definition) is 2. The lowest BCUT2D eigenvalue weighted by atomic mass is 9.93. The molecule has 0 spiro atoms. The maximum Gasteiger partial charge on any atom is 0.0829 e. The Bertz CT molecular complexity index is 333. The van der Waals surface area contributed by atoms with Gasteiger partial charge in [0.05, 0.1) is 6.10 Å². The molecule has 0 saturated heterocycles. The fourth-order valence-electron chi connectivity index (χ4n) is 1.97. The van der Waals surface area contributed by atoms with E-state index in [1.165, 1.54) is 11.1 Å². The van der Waals surface area contributed by atoms with Crippen molar-refractivity contribution in [2.24, 2.45) is 0 Å². The van der Waals surface area contributed by atoms with Gasteiger partial charge in [0.1, 0.15) is 0 Å². The summed E-state index contributed by atoms with van der Waals surface area (Å²) < 4.78 is 0. The number of aliphatic hydroxyl groups excluding tert-OH is 1. The normalized spacial score (nSPS) is 20.7. The van der Waals surface area contributed by atoms with Gasteiger partial charge in [-0.05, 0) is 31.4 Å². The Labute approximate surface area is 78.6 Å². The van der Waals surface area contributed by atoms with Crippen molar-refractivity contribution in [2.45, 2.75) is 26.4 Å². The first kappa shape index (κ1) is 8.57. The Balaban J connectivity index is 2.60. The SMILES string of the molecule is Cc1ccc(C)c2c1NCCC2O. The van der Waals surface area contributed by atoms with Crippen LogP contribution in [0.5, 0.6) is 0 Å². The lowest BCUT2D eigenvalue weighted by molar-refractivity contribution is 0.167. The van der Waals surface area contributed by atoms with E-state index in [2.05, 4.69) is 31.3 Å². The smallest absolute Gasteiger partial charge is 0.0829 e. The Morgan fingerprint density at radius 3 is 2.69 bits per heavy atom. The van der Waals surface area contributed by atoms with Crippen LogP contribution in [0.1, 0.15) is 29.2 Å². The fraction of sp³-hybridized carbons (Fsp3) is 0.455. The number of hydrogen-bond donors (Lipinski definition) is 2. The first-order chi connectivity index (χ1) is 6.20. The quantitative estimate of drug-likeness (QED) is 0.636. The molecule has 0 saturated carbocycles. The molecule has 0 bridgehead atoms. The number of nitrogens with one attached hydrogen (secondary N) is 1. The highest BCUT2D eigenvalue weighted by Crippen LogP contribution is 2.34. The van der Waals surface area contributed by atoms with Crippen molar-refractivity contribution in [3.63, 3.8) is 0 Å². The van der Waals surface area contributed by atoms with Gasteiger partial charge >= 0.3 is 0 Å². The van der Waals surface area contributed by atoms with Crippen molar-refractivity contribution in [3.8, 4) is 0 Å². The number of anilines is 1. The van der Waals surface area contributed by atoms with E-state index in [1.807, 2.05) is 0 Å². The molecule has 0 aromatic heterocycles. The number of fused-ring (bicyclic) bond motifs is 1. The molecule has 1 aromatic rings. The standard InChI is InChI=1S/C11H15NO/c1-7-3-4-8(2)11-10(7)9(13)5-6-12-11/h3-4,9,12-13H,5-6H2,1-2H3. The van der Waals surface area contributed by atoms with Gasteiger partial charge in [-0.25, -0.2) is 0 Å². The molecule has 70 valence electrons. The molecule has 0 radical (unpaired) electrons. The highest BCUT2D eigenvalue weighted by atomic mass is 16.3. The molecule has 2 heteroatoms. The average molecular weight is 177 g/mol. The summed E-state index contributed by atoms with van der Waals surface area (Å²) in [6, 6.07) is 4.17. The number of aliphatic hydroxyl groups is 1. The zero-order valence-corrected chi connectivity index (χ0v) is 8.09. The molecule has 2 rings (SSSR count). The highest BCUT2D eigenvalue weighted by molar-refractivity contribution is 5.62. The van der Waals surface area contributed by atoms with Crippen LogP contribution in [-0.2, 0) is 0 Å². The lowest BCUT2D eigenvalue weighted by Crippen LogP contribution is -2.18. The minimum Gasteiger partial charge on any atom is -0.388 e.